The van der Waals surface area contributed by atoms with E-state index >= 15 is 0 Å². The molecule has 0 bridgehead atoms. The van der Waals surface area contributed by atoms with Crippen LogP contribution in [0.5, 0.6) is 0 Å². The summed E-state index contributed by atoms with van der Waals surface area (Å²) in [6.07, 6.45) is 1.36. The zero-order valence-corrected chi connectivity index (χ0v) is 13.1. The maximum atomic E-state index is 13.2. The second-order valence-corrected chi connectivity index (χ2v) is 5.28. The average Bonchev–Trinajstić information content (AvgIpc) is 3.02. The van der Waals surface area contributed by atoms with Crippen LogP contribution < -0.4 is 0 Å². The van der Waals surface area contributed by atoms with Crippen molar-refractivity contribution in [3.63, 3.8) is 0 Å². The number of hydrogen-bond acceptors (Lipinski definition) is 4. The maximum Gasteiger partial charge on any atom is 0.271 e. The fourth-order valence-corrected chi connectivity index (χ4v) is 2.25. The first-order valence-electron chi connectivity index (χ1n) is 6.66. The van der Waals surface area contributed by atoms with Gasteiger partial charge in [0.15, 0.2) is 11.6 Å². The van der Waals surface area contributed by atoms with Crippen LogP contribution >= 0.6 is 12.2 Å². The minimum Gasteiger partial charge on any atom is -0.248 e. The molecule has 9 heteroatoms. The van der Waals surface area contributed by atoms with Gasteiger partial charge < -0.3 is 0 Å². The molecule has 118 valence electrons. The molecule has 0 saturated carbocycles. The van der Waals surface area contributed by atoms with E-state index in [0.29, 0.717) is 11.5 Å². The molecule has 0 aliphatic carbocycles. The molecule has 0 unspecified atom stereocenters. The van der Waals surface area contributed by atoms with E-state index in [1.54, 1.807) is 4.68 Å². The first kappa shape index (κ1) is 15.2. The van der Waals surface area contributed by atoms with Gasteiger partial charge in [0, 0.05) is 5.69 Å². The molecule has 0 aliphatic heterocycles. The molecular formula is C14H12F2N6S. The predicted molar refractivity (Wildman–Crippen MR) is 83.4 cm³/mol. The van der Waals surface area contributed by atoms with Gasteiger partial charge in [0.25, 0.3) is 5.95 Å². The Balaban J connectivity index is 2.02. The highest BCUT2D eigenvalue weighted by Crippen LogP contribution is 2.11. The molecule has 1 N–H and O–H groups in total. The summed E-state index contributed by atoms with van der Waals surface area (Å²) < 4.78 is 29.4. The summed E-state index contributed by atoms with van der Waals surface area (Å²) in [5.41, 5.74) is 2.08. The minimum absolute atomic E-state index is 0.256. The molecule has 6 nitrogen and oxygen atoms in total. The molecule has 2 aromatic heterocycles. The van der Waals surface area contributed by atoms with Crippen molar-refractivity contribution in [2.75, 3.05) is 0 Å². The van der Waals surface area contributed by atoms with E-state index in [-0.39, 0.29) is 4.77 Å². The number of halogens is 2. The van der Waals surface area contributed by atoms with Gasteiger partial charge in [0.1, 0.15) is 0 Å². The number of nitrogens with zero attached hydrogens (tertiary/aromatic N) is 5. The number of hydrogen-bond donors (Lipinski definition) is 1. The van der Waals surface area contributed by atoms with Gasteiger partial charge in [0.05, 0.1) is 11.9 Å². The first-order chi connectivity index (χ1) is 11.0. The van der Waals surface area contributed by atoms with Gasteiger partial charge in [-0.1, -0.05) is 6.07 Å². The number of aryl methyl sites for hydroxylation is 2. The lowest BCUT2D eigenvalue weighted by molar-refractivity contribution is 0.508. The van der Waals surface area contributed by atoms with Gasteiger partial charge >= 0.3 is 0 Å². The lowest BCUT2D eigenvalue weighted by Crippen LogP contribution is -2.07. The van der Waals surface area contributed by atoms with E-state index in [1.165, 1.54) is 17.0 Å². The highest BCUT2D eigenvalue weighted by molar-refractivity contribution is 7.71. The van der Waals surface area contributed by atoms with Crippen LogP contribution in [0.1, 0.15) is 17.0 Å². The van der Waals surface area contributed by atoms with Crippen LogP contribution in [0.4, 0.5) is 8.78 Å². The van der Waals surface area contributed by atoms with Gasteiger partial charge in [-0.05, 0) is 49.8 Å². The van der Waals surface area contributed by atoms with Gasteiger partial charge in [-0.25, -0.2) is 18.6 Å². The molecule has 1 aromatic carbocycles. The highest BCUT2D eigenvalue weighted by atomic mass is 32.1. The quantitative estimate of drug-likeness (QED) is 0.592. The van der Waals surface area contributed by atoms with Gasteiger partial charge in [-0.2, -0.15) is 14.9 Å². The topological polar surface area (TPSA) is 63.8 Å². The van der Waals surface area contributed by atoms with Crippen LogP contribution in [0.3, 0.4) is 0 Å². The molecule has 23 heavy (non-hydrogen) atoms. The van der Waals surface area contributed by atoms with Crippen LogP contribution in [0.25, 0.3) is 5.95 Å². The molecule has 0 aliphatic rings. The zero-order chi connectivity index (χ0) is 16.6. The summed E-state index contributed by atoms with van der Waals surface area (Å²) in [7, 11) is 0. The lowest BCUT2D eigenvalue weighted by Gasteiger charge is -2.02. The SMILES string of the molecule is Cc1cc(C)n(-c2n[nH]c(=S)n2/N=C\c2ccc(F)c(F)c2)n1. The summed E-state index contributed by atoms with van der Waals surface area (Å²) in [6, 6.07) is 5.38. The fraction of sp³-hybridized carbons (Fsp3) is 0.143. The van der Waals surface area contributed by atoms with E-state index < -0.39 is 11.6 Å². The van der Waals surface area contributed by atoms with Crippen molar-refractivity contribution >= 4 is 18.4 Å². The summed E-state index contributed by atoms with van der Waals surface area (Å²) in [4.78, 5) is 0. The Morgan fingerprint density at radius 3 is 2.65 bits per heavy atom. The van der Waals surface area contributed by atoms with Crippen molar-refractivity contribution in [1.29, 1.82) is 0 Å². The molecule has 3 rings (SSSR count). The Bertz CT molecular complexity index is 953. The molecule has 0 fully saturated rings. The Morgan fingerprint density at radius 1 is 1.22 bits per heavy atom. The number of rotatable bonds is 3. The van der Waals surface area contributed by atoms with Crippen molar-refractivity contribution in [2.24, 2.45) is 5.10 Å². The molecule has 0 atom stereocenters. The van der Waals surface area contributed by atoms with Crippen LogP contribution in [0.2, 0.25) is 0 Å². The average molecular weight is 334 g/mol. The third-order valence-electron chi connectivity index (χ3n) is 3.10. The number of nitrogens with one attached hydrogen (secondary N) is 1. The summed E-state index contributed by atoms with van der Waals surface area (Å²) >= 11 is 5.14. The molecule has 0 radical (unpaired) electrons. The van der Waals surface area contributed by atoms with Gasteiger partial charge in [-0.15, -0.1) is 5.10 Å². The van der Waals surface area contributed by atoms with Crippen molar-refractivity contribution in [2.45, 2.75) is 13.8 Å². The standard InChI is InChI=1S/C14H12F2N6S/c1-8-5-9(2)21(20-8)13-18-19-14(23)22(13)17-7-10-3-4-11(15)12(16)6-10/h3-7H,1-2H3,(H,19,23)/b17-7-. The second-order valence-electron chi connectivity index (χ2n) is 4.90. The largest absolute Gasteiger partial charge is 0.271 e. The van der Waals surface area contributed by atoms with E-state index in [4.69, 9.17) is 12.2 Å². The van der Waals surface area contributed by atoms with Gasteiger partial charge in [0.2, 0.25) is 4.77 Å². The highest BCUT2D eigenvalue weighted by Gasteiger charge is 2.11. The van der Waals surface area contributed by atoms with Crippen molar-refractivity contribution in [3.8, 4) is 5.95 Å². The molecule has 3 aromatic rings. The Labute approximate surface area is 135 Å². The lowest BCUT2D eigenvalue weighted by atomic mass is 10.2. The monoisotopic (exact) mass is 334 g/mol. The van der Waals surface area contributed by atoms with E-state index in [1.807, 2.05) is 19.9 Å². The van der Waals surface area contributed by atoms with E-state index in [2.05, 4.69) is 20.4 Å². The summed E-state index contributed by atoms with van der Waals surface area (Å²) in [5, 5.41) is 15.2. The molecule has 0 amide bonds. The Morgan fingerprint density at radius 2 is 2.00 bits per heavy atom. The molecule has 2 heterocycles. The van der Waals surface area contributed by atoms with E-state index in [0.717, 1.165) is 23.5 Å². The Hall–Kier alpha value is -2.68. The fourth-order valence-electron chi connectivity index (χ4n) is 2.07. The third-order valence-corrected chi connectivity index (χ3v) is 3.36. The normalized spacial score (nSPS) is 11.5. The second kappa shape index (κ2) is 5.84. The number of aromatic nitrogens is 5. The minimum atomic E-state index is -0.941. The molecule has 0 spiro atoms. The summed E-state index contributed by atoms with van der Waals surface area (Å²) in [6.45, 7) is 3.74. The molecule has 0 saturated heterocycles. The molecular weight excluding hydrogens is 322 g/mol. The first-order valence-corrected chi connectivity index (χ1v) is 7.07. The smallest absolute Gasteiger partial charge is 0.248 e. The van der Waals surface area contributed by atoms with Crippen LogP contribution in [-0.2, 0) is 0 Å². The predicted octanol–water partition coefficient (Wildman–Crippen LogP) is 2.90. The zero-order valence-electron chi connectivity index (χ0n) is 12.3. The van der Waals surface area contributed by atoms with Crippen LogP contribution in [-0.4, -0.2) is 30.9 Å². The van der Waals surface area contributed by atoms with Crippen LogP contribution in [0.15, 0.2) is 29.4 Å². The van der Waals surface area contributed by atoms with Crippen LogP contribution in [0, 0.1) is 30.3 Å². The third kappa shape index (κ3) is 2.95. The number of benzene rings is 1. The number of aromatic amines is 1. The van der Waals surface area contributed by atoms with Gasteiger partial charge in [-0.3, -0.25) is 0 Å². The van der Waals surface area contributed by atoms with Crippen molar-refractivity contribution in [1.82, 2.24) is 24.7 Å². The Kier molecular flexibility index (Phi) is 3.87. The van der Waals surface area contributed by atoms with Crippen molar-refractivity contribution in [3.05, 3.63) is 57.6 Å². The number of H-pyrrole nitrogens is 1. The summed E-state index contributed by atoms with van der Waals surface area (Å²) in [5.74, 6) is -1.48. The maximum absolute atomic E-state index is 13.2. The van der Waals surface area contributed by atoms with Crippen molar-refractivity contribution < 1.29 is 8.78 Å². The van der Waals surface area contributed by atoms with E-state index in [9.17, 15) is 8.78 Å².